The number of aryl methyl sites for hydroxylation is 1. The molecule has 0 atom stereocenters. The monoisotopic (exact) mass is 298 g/mol. The summed E-state index contributed by atoms with van der Waals surface area (Å²) in [5, 5.41) is 4.03. The van der Waals surface area contributed by atoms with E-state index in [9.17, 15) is 12.8 Å². The minimum Gasteiger partial charge on any atom is -0.398 e. The summed E-state index contributed by atoms with van der Waals surface area (Å²) in [7, 11) is -2.02. The van der Waals surface area contributed by atoms with Gasteiger partial charge in [-0.15, -0.1) is 0 Å². The first-order chi connectivity index (χ1) is 9.31. The van der Waals surface area contributed by atoms with Crippen molar-refractivity contribution in [3.05, 3.63) is 41.5 Å². The normalized spacial score (nSPS) is 11.8. The molecule has 0 spiro atoms. The fraction of sp³-hybridized carbons (Fsp3) is 0.250. The van der Waals surface area contributed by atoms with Crippen LogP contribution in [0.15, 0.2) is 29.3 Å². The van der Waals surface area contributed by atoms with Crippen LogP contribution in [0.25, 0.3) is 0 Å². The van der Waals surface area contributed by atoms with Crippen LogP contribution >= 0.6 is 0 Å². The second-order valence-electron chi connectivity index (χ2n) is 4.39. The van der Waals surface area contributed by atoms with Gasteiger partial charge in [0, 0.05) is 24.8 Å². The molecule has 108 valence electrons. The number of rotatable bonds is 4. The molecule has 1 aromatic carbocycles. The van der Waals surface area contributed by atoms with Crippen molar-refractivity contribution in [1.29, 1.82) is 0 Å². The third kappa shape index (κ3) is 2.81. The van der Waals surface area contributed by atoms with Crippen LogP contribution in [-0.2, 0) is 23.6 Å². The lowest BCUT2D eigenvalue weighted by Crippen LogP contribution is -2.24. The van der Waals surface area contributed by atoms with Gasteiger partial charge in [0.2, 0.25) is 10.0 Å². The summed E-state index contributed by atoms with van der Waals surface area (Å²) in [6.07, 6.45) is 1.59. The van der Waals surface area contributed by atoms with Gasteiger partial charge in [0.1, 0.15) is 10.7 Å². The van der Waals surface area contributed by atoms with Gasteiger partial charge in [-0.3, -0.25) is 4.68 Å². The molecule has 0 aliphatic rings. The largest absolute Gasteiger partial charge is 0.398 e. The lowest BCUT2D eigenvalue weighted by Gasteiger charge is -2.09. The average Bonchev–Trinajstić information content (AvgIpc) is 2.67. The Balaban J connectivity index is 2.21. The lowest BCUT2D eigenvalue weighted by atomic mass is 10.3. The van der Waals surface area contributed by atoms with Gasteiger partial charge in [0.25, 0.3) is 0 Å². The van der Waals surface area contributed by atoms with E-state index in [1.165, 1.54) is 0 Å². The number of halogens is 1. The zero-order valence-electron chi connectivity index (χ0n) is 11.1. The van der Waals surface area contributed by atoms with Gasteiger partial charge in [-0.1, -0.05) is 0 Å². The third-order valence-corrected chi connectivity index (χ3v) is 4.53. The Morgan fingerprint density at radius 3 is 2.70 bits per heavy atom. The second kappa shape index (κ2) is 5.22. The Morgan fingerprint density at radius 2 is 2.15 bits per heavy atom. The molecule has 1 heterocycles. The molecule has 8 heteroatoms. The van der Waals surface area contributed by atoms with Crippen molar-refractivity contribution in [2.75, 3.05) is 5.73 Å². The fourth-order valence-corrected chi connectivity index (χ4v) is 2.85. The topological polar surface area (TPSA) is 90.0 Å². The van der Waals surface area contributed by atoms with E-state index in [4.69, 9.17) is 5.73 Å². The molecule has 3 N–H and O–H groups in total. The predicted octanol–water partition coefficient (Wildman–Crippen LogP) is 0.928. The van der Waals surface area contributed by atoms with Crippen LogP contribution < -0.4 is 10.5 Å². The van der Waals surface area contributed by atoms with Gasteiger partial charge in [-0.25, -0.2) is 17.5 Å². The molecule has 1 aromatic heterocycles. The van der Waals surface area contributed by atoms with Crippen molar-refractivity contribution < 1.29 is 12.8 Å². The summed E-state index contributed by atoms with van der Waals surface area (Å²) in [5.41, 5.74) is 7.03. The van der Waals surface area contributed by atoms with Crippen molar-refractivity contribution in [2.45, 2.75) is 18.4 Å². The zero-order valence-corrected chi connectivity index (χ0v) is 11.9. The van der Waals surface area contributed by atoms with E-state index in [1.807, 2.05) is 6.92 Å². The maximum absolute atomic E-state index is 12.9. The molecule has 0 aliphatic carbocycles. The SMILES string of the molecule is Cc1c(CNS(=O)(=O)c2ccc(F)cc2N)cnn1C. The Bertz CT molecular complexity index is 740. The van der Waals surface area contributed by atoms with Crippen molar-refractivity contribution >= 4 is 15.7 Å². The predicted molar refractivity (Wildman–Crippen MR) is 72.8 cm³/mol. The van der Waals surface area contributed by atoms with E-state index in [0.717, 1.165) is 29.5 Å². The van der Waals surface area contributed by atoms with Crippen LogP contribution in [0.3, 0.4) is 0 Å². The summed E-state index contributed by atoms with van der Waals surface area (Å²) in [6.45, 7) is 1.93. The standard InChI is InChI=1S/C12H15FN4O2S/c1-8-9(6-15-17(8)2)7-16-20(18,19)12-4-3-10(13)5-11(12)14/h3-6,16H,7,14H2,1-2H3. The first kappa shape index (κ1) is 14.5. The first-order valence-electron chi connectivity index (χ1n) is 5.83. The third-order valence-electron chi connectivity index (χ3n) is 3.05. The minimum atomic E-state index is -3.79. The van der Waals surface area contributed by atoms with Crippen LogP contribution in [-0.4, -0.2) is 18.2 Å². The number of nitrogens with one attached hydrogen (secondary N) is 1. The fourth-order valence-electron chi connectivity index (χ4n) is 1.73. The van der Waals surface area contributed by atoms with Crippen LogP contribution in [0.4, 0.5) is 10.1 Å². The number of nitrogens with two attached hydrogens (primary N) is 1. The first-order valence-corrected chi connectivity index (χ1v) is 7.32. The molecule has 0 saturated heterocycles. The Labute approximate surface area is 116 Å². The molecule has 2 rings (SSSR count). The second-order valence-corrected chi connectivity index (χ2v) is 6.12. The van der Waals surface area contributed by atoms with Crippen LogP contribution in [0.5, 0.6) is 0 Å². The molecule has 0 radical (unpaired) electrons. The molecule has 0 fully saturated rings. The van der Waals surface area contributed by atoms with Crippen LogP contribution in [0.1, 0.15) is 11.3 Å². The highest BCUT2D eigenvalue weighted by Gasteiger charge is 2.18. The Kier molecular flexibility index (Phi) is 3.78. The molecule has 0 saturated carbocycles. The van der Waals surface area contributed by atoms with Gasteiger partial charge in [0.05, 0.1) is 11.9 Å². The van der Waals surface area contributed by atoms with Crippen molar-refractivity contribution in [3.8, 4) is 0 Å². The van der Waals surface area contributed by atoms with E-state index >= 15 is 0 Å². The number of benzene rings is 1. The number of anilines is 1. The Hall–Kier alpha value is -1.93. The number of nitrogen functional groups attached to an aromatic ring is 1. The maximum atomic E-state index is 12.9. The van der Waals surface area contributed by atoms with Crippen molar-refractivity contribution in [2.24, 2.45) is 7.05 Å². The van der Waals surface area contributed by atoms with Gasteiger partial charge < -0.3 is 5.73 Å². The molecule has 6 nitrogen and oxygen atoms in total. The highest BCUT2D eigenvalue weighted by atomic mass is 32.2. The highest BCUT2D eigenvalue weighted by molar-refractivity contribution is 7.89. The Morgan fingerprint density at radius 1 is 1.45 bits per heavy atom. The zero-order chi connectivity index (χ0) is 14.9. The summed E-state index contributed by atoms with van der Waals surface area (Å²) in [5.74, 6) is -0.579. The molecule has 20 heavy (non-hydrogen) atoms. The van der Waals surface area contributed by atoms with Crippen molar-refractivity contribution in [1.82, 2.24) is 14.5 Å². The van der Waals surface area contributed by atoms with E-state index in [0.29, 0.717) is 0 Å². The van der Waals surface area contributed by atoms with Crippen molar-refractivity contribution in [3.63, 3.8) is 0 Å². The van der Waals surface area contributed by atoms with E-state index in [-0.39, 0.29) is 17.1 Å². The van der Waals surface area contributed by atoms with Gasteiger partial charge in [-0.2, -0.15) is 5.10 Å². The van der Waals surface area contributed by atoms with Gasteiger partial charge >= 0.3 is 0 Å². The minimum absolute atomic E-state index is 0.0961. The van der Waals surface area contributed by atoms with Crippen LogP contribution in [0, 0.1) is 12.7 Å². The molecular formula is C12H15FN4O2S. The van der Waals surface area contributed by atoms with E-state index in [1.54, 1.807) is 17.9 Å². The number of hydrogen-bond acceptors (Lipinski definition) is 4. The summed E-state index contributed by atoms with van der Waals surface area (Å²) < 4.78 is 41.2. The summed E-state index contributed by atoms with van der Waals surface area (Å²) >= 11 is 0. The number of hydrogen-bond donors (Lipinski definition) is 2. The number of nitrogens with zero attached hydrogens (tertiary/aromatic N) is 2. The molecule has 2 aromatic rings. The van der Waals surface area contributed by atoms with E-state index < -0.39 is 15.8 Å². The lowest BCUT2D eigenvalue weighted by molar-refractivity contribution is 0.580. The van der Waals surface area contributed by atoms with Gasteiger partial charge in [0.15, 0.2) is 0 Å². The quantitative estimate of drug-likeness (QED) is 0.822. The number of aromatic nitrogens is 2. The smallest absolute Gasteiger partial charge is 0.242 e. The number of sulfonamides is 1. The molecular weight excluding hydrogens is 283 g/mol. The van der Waals surface area contributed by atoms with Gasteiger partial charge in [-0.05, 0) is 25.1 Å². The molecule has 0 aliphatic heterocycles. The highest BCUT2D eigenvalue weighted by Crippen LogP contribution is 2.19. The molecule has 0 bridgehead atoms. The summed E-state index contributed by atoms with van der Waals surface area (Å²) in [4.78, 5) is -0.138. The maximum Gasteiger partial charge on any atom is 0.242 e. The van der Waals surface area contributed by atoms with Crippen LogP contribution in [0.2, 0.25) is 0 Å². The molecule has 0 amide bonds. The van der Waals surface area contributed by atoms with E-state index in [2.05, 4.69) is 9.82 Å². The molecule has 0 unspecified atom stereocenters. The summed E-state index contributed by atoms with van der Waals surface area (Å²) in [6, 6.07) is 3.17. The average molecular weight is 298 g/mol.